The van der Waals surface area contributed by atoms with Crippen molar-refractivity contribution in [3.63, 3.8) is 0 Å². The monoisotopic (exact) mass is 361 g/mol. The van der Waals surface area contributed by atoms with E-state index in [2.05, 4.69) is 4.74 Å². The largest absolute Gasteiger partial charge is 0.493 e. The fourth-order valence-electron chi connectivity index (χ4n) is 3.38. The van der Waals surface area contributed by atoms with Crippen molar-refractivity contribution in [1.29, 1.82) is 0 Å². The molecule has 132 valence electrons. The van der Waals surface area contributed by atoms with E-state index >= 15 is 0 Å². The first kappa shape index (κ1) is 16.9. The Kier molecular flexibility index (Phi) is 4.37. The molecule has 2 atom stereocenters. The number of likely N-dealkylation sites (tertiary alicyclic amines) is 1. The van der Waals surface area contributed by atoms with Crippen LogP contribution in [0.4, 0.5) is 8.78 Å². The van der Waals surface area contributed by atoms with E-state index in [1.807, 2.05) is 0 Å². The molecule has 0 saturated carbocycles. The van der Waals surface area contributed by atoms with Crippen LogP contribution < -0.4 is 9.47 Å². The third-order valence-electron chi connectivity index (χ3n) is 4.54. The van der Waals surface area contributed by atoms with Gasteiger partial charge in [-0.25, -0.2) is 8.42 Å². The molecule has 1 aromatic rings. The first-order valence-corrected chi connectivity index (χ1v) is 9.17. The lowest BCUT2D eigenvalue weighted by Gasteiger charge is -2.20. The highest BCUT2D eigenvalue weighted by atomic mass is 32.2. The molecule has 1 aromatic carbocycles. The molecular weight excluding hydrogens is 344 g/mol. The normalized spacial score (nSPS) is 24.9. The number of fused-ring (bicyclic) bond motifs is 1. The van der Waals surface area contributed by atoms with Gasteiger partial charge in [0.2, 0.25) is 0 Å². The van der Waals surface area contributed by atoms with E-state index in [0.717, 1.165) is 0 Å². The van der Waals surface area contributed by atoms with Crippen LogP contribution in [0.5, 0.6) is 11.5 Å². The number of halogens is 2. The Bertz CT molecular complexity index is 752. The molecule has 6 nitrogen and oxygen atoms in total. The van der Waals surface area contributed by atoms with Gasteiger partial charge in [0.1, 0.15) is 0 Å². The van der Waals surface area contributed by atoms with Gasteiger partial charge in [-0.1, -0.05) is 6.07 Å². The SMILES string of the molecule is COc1cccc(C(=O)N2C[C@@H]3CCS(=O)(=O)[C@@H]3C2)c1OC(F)F. The third kappa shape index (κ3) is 2.92. The van der Waals surface area contributed by atoms with Gasteiger partial charge in [-0.05, 0) is 24.5 Å². The maximum atomic E-state index is 12.7. The molecule has 1 amide bonds. The number of amides is 1. The van der Waals surface area contributed by atoms with Crippen LogP contribution in [0.2, 0.25) is 0 Å². The van der Waals surface area contributed by atoms with E-state index in [9.17, 15) is 22.0 Å². The Hall–Kier alpha value is -1.90. The summed E-state index contributed by atoms with van der Waals surface area (Å²) in [6.07, 6.45) is 0.523. The van der Waals surface area contributed by atoms with E-state index in [1.54, 1.807) is 0 Å². The van der Waals surface area contributed by atoms with E-state index in [-0.39, 0.29) is 35.3 Å². The summed E-state index contributed by atoms with van der Waals surface area (Å²) >= 11 is 0. The second-order valence-electron chi connectivity index (χ2n) is 5.88. The Balaban J connectivity index is 1.89. The standard InChI is InChI=1S/C15H17F2NO5S/c1-22-11-4-2-3-10(13(11)23-15(16)17)14(19)18-7-9-5-6-24(20,21)12(9)8-18/h2-4,9,12,15H,5-8H2,1H3/t9-,12+/m0/s1. The summed E-state index contributed by atoms with van der Waals surface area (Å²) in [7, 11) is -1.90. The fraction of sp³-hybridized carbons (Fsp3) is 0.533. The average Bonchev–Trinajstić information content (AvgIpc) is 3.07. The summed E-state index contributed by atoms with van der Waals surface area (Å²) in [5, 5.41) is -0.563. The van der Waals surface area contributed by atoms with Gasteiger partial charge in [-0.15, -0.1) is 0 Å². The zero-order valence-electron chi connectivity index (χ0n) is 12.9. The number of carbonyl (C=O) groups excluding carboxylic acids is 1. The Morgan fingerprint density at radius 3 is 2.71 bits per heavy atom. The van der Waals surface area contributed by atoms with Crippen molar-refractivity contribution in [2.45, 2.75) is 18.3 Å². The molecule has 2 saturated heterocycles. The smallest absolute Gasteiger partial charge is 0.387 e. The Morgan fingerprint density at radius 2 is 2.08 bits per heavy atom. The fourth-order valence-corrected chi connectivity index (χ4v) is 5.53. The quantitative estimate of drug-likeness (QED) is 0.814. The van der Waals surface area contributed by atoms with E-state index < -0.39 is 27.6 Å². The summed E-state index contributed by atoms with van der Waals surface area (Å²) < 4.78 is 58.7. The number of benzene rings is 1. The van der Waals surface area contributed by atoms with E-state index in [1.165, 1.54) is 30.2 Å². The minimum absolute atomic E-state index is 0.0214. The van der Waals surface area contributed by atoms with Crippen molar-refractivity contribution in [2.24, 2.45) is 5.92 Å². The van der Waals surface area contributed by atoms with Gasteiger partial charge < -0.3 is 14.4 Å². The summed E-state index contributed by atoms with van der Waals surface area (Å²) in [6, 6.07) is 4.28. The topological polar surface area (TPSA) is 72.9 Å². The molecule has 0 unspecified atom stereocenters. The van der Waals surface area contributed by atoms with Gasteiger partial charge >= 0.3 is 6.61 Å². The maximum absolute atomic E-state index is 12.7. The Morgan fingerprint density at radius 1 is 1.33 bits per heavy atom. The first-order valence-electron chi connectivity index (χ1n) is 7.46. The molecule has 9 heteroatoms. The van der Waals surface area contributed by atoms with Crippen molar-refractivity contribution in [3.8, 4) is 11.5 Å². The van der Waals surface area contributed by atoms with Crippen molar-refractivity contribution < 1.29 is 31.5 Å². The van der Waals surface area contributed by atoms with Gasteiger partial charge in [-0.3, -0.25) is 4.79 Å². The summed E-state index contributed by atoms with van der Waals surface area (Å²) in [4.78, 5) is 14.1. The molecule has 24 heavy (non-hydrogen) atoms. The number of nitrogens with zero attached hydrogens (tertiary/aromatic N) is 1. The van der Waals surface area contributed by atoms with E-state index in [4.69, 9.17) is 4.74 Å². The molecule has 0 bridgehead atoms. The predicted molar refractivity (Wildman–Crippen MR) is 81.2 cm³/mol. The highest BCUT2D eigenvalue weighted by molar-refractivity contribution is 7.92. The number of rotatable bonds is 4. The van der Waals surface area contributed by atoms with Gasteiger partial charge in [0.05, 0.1) is 23.7 Å². The average molecular weight is 361 g/mol. The van der Waals surface area contributed by atoms with Gasteiger partial charge in [0, 0.05) is 13.1 Å². The second kappa shape index (κ2) is 6.19. The van der Waals surface area contributed by atoms with Crippen LogP contribution in [0.25, 0.3) is 0 Å². The van der Waals surface area contributed by atoms with Crippen LogP contribution >= 0.6 is 0 Å². The predicted octanol–water partition coefficient (Wildman–Crippen LogP) is 1.56. The lowest BCUT2D eigenvalue weighted by atomic mass is 10.1. The summed E-state index contributed by atoms with van der Waals surface area (Å²) in [6.45, 7) is -2.73. The van der Waals surface area contributed by atoms with Crippen LogP contribution in [-0.2, 0) is 9.84 Å². The van der Waals surface area contributed by atoms with Gasteiger partial charge in [-0.2, -0.15) is 8.78 Å². The lowest BCUT2D eigenvalue weighted by Crippen LogP contribution is -2.32. The van der Waals surface area contributed by atoms with E-state index in [0.29, 0.717) is 13.0 Å². The maximum Gasteiger partial charge on any atom is 0.387 e. The Labute approximate surface area is 138 Å². The lowest BCUT2D eigenvalue weighted by molar-refractivity contribution is -0.0516. The zero-order chi connectivity index (χ0) is 17.5. The number of carbonyl (C=O) groups is 1. The molecule has 2 heterocycles. The van der Waals surface area contributed by atoms with Crippen LogP contribution in [0.3, 0.4) is 0 Å². The molecule has 0 aromatic heterocycles. The molecule has 2 aliphatic rings. The minimum Gasteiger partial charge on any atom is -0.493 e. The molecule has 3 rings (SSSR count). The number of ether oxygens (including phenoxy) is 2. The number of hydrogen-bond acceptors (Lipinski definition) is 5. The molecule has 0 N–H and O–H groups in total. The van der Waals surface area contributed by atoms with Crippen molar-refractivity contribution in [1.82, 2.24) is 4.90 Å². The number of hydrogen-bond donors (Lipinski definition) is 0. The summed E-state index contributed by atoms with van der Waals surface area (Å²) in [5.74, 6) is -0.797. The number of methoxy groups -OCH3 is 1. The number of sulfone groups is 1. The zero-order valence-corrected chi connectivity index (χ0v) is 13.8. The first-order chi connectivity index (χ1) is 11.3. The summed E-state index contributed by atoms with van der Waals surface area (Å²) in [5.41, 5.74) is -0.0629. The van der Waals surface area contributed by atoms with Crippen LogP contribution in [0, 0.1) is 5.92 Å². The second-order valence-corrected chi connectivity index (χ2v) is 8.22. The number of alkyl halides is 2. The van der Waals surface area contributed by atoms with Gasteiger partial charge in [0.15, 0.2) is 21.3 Å². The van der Waals surface area contributed by atoms with Crippen molar-refractivity contribution >= 4 is 15.7 Å². The molecular formula is C15H17F2NO5S. The molecule has 0 spiro atoms. The van der Waals surface area contributed by atoms with Crippen molar-refractivity contribution in [3.05, 3.63) is 23.8 Å². The molecule has 2 aliphatic heterocycles. The van der Waals surface area contributed by atoms with Crippen LogP contribution in [0.1, 0.15) is 16.8 Å². The molecule has 2 fully saturated rings. The number of para-hydroxylation sites is 1. The van der Waals surface area contributed by atoms with Crippen LogP contribution in [-0.4, -0.2) is 57.0 Å². The highest BCUT2D eigenvalue weighted by Crippen LogP contribution is 2.37. The third-order valence-corrected chi connectivity index (χ3v) is 6.80. The highest BCUT2D eigenvalue weighted by Gasteiger charge is 2.47. The minimum atomic E-state index is -3.18. The molecule has 0 aliphatic carbocycles. The van der Waals surface area contributed by atoms with Crippen molar-refractivity contribution in [2.75, 3.05) is 26.0 Å². The molecule has 0 radical (unpaired) electrons. The van der Waals surface area contributed by atoms with Crippen LogP contribution in [0.15, 0.2) is 18.2 Å². The van der Waals surface area contributed by atoms with Gasteiger partial charge in [0.25, 0.3) is 5.91 Å².